The van der Waals surface area contributed by atoms with Crippen LogP contribution in [-0.4, -0.2) is 6.54 Å². The Hall–Kier alpha value is -1.42. The van der Waals surface area contributed by atoms with Gasteiger partial charge in [-0.25, -0.2) is 8.78 Å². The van der Waals surface area contributed by atoms with Crippen molar-refractivity contribution in [1.82, 2.24) is 5.32 Å². The zero-order valence-electron chi connectivity index (χ0n) is 9.89. The van der Waals surface area contributed by atoms with Crippen LogP contribution in [0.25, 0.3) is 11.0 Å². The highest BCUT2D eigenvalue weighted by Crippen LogP contribution is 2.26. The van der Waals surface area contributed by atoms with Crippen LogP contribution in [0, 0.1) is 11.6 Å². The molecule has 17 heavy (non-hydrogen) atoms. The number of furan rings is 1. The summed E-state index contributed by atoms with van der Waals surface area (Å²) in [5, 5.41) is 3.56. The van der Waals surface area contributed by atoms with Gasteiger partial charge in [-0.05, 0) is 26.0 Å². The summed E-state index contributed by atoms with van der Waals surface area (Å²) in [6.45, 7) is 4.85. The van der Waals surface area contributed by atoms with Gasteiger partial charge in [-0.1, -0.05) is 6.92 Å². The number of hydrogen-bond donors (Lipinski definition) is 1. The van der Waals surface area contributed by atoms with E-state index in [1.54, 1.807) is 6.07 Å². The van der Waals surface area contributed by atoms with Gasteiger partial charge in [0.2, 0.25) is 0 Å². The normalized spacial score (nSPS) is 13.2. The molecule has 92 valence electrons. The van der Waals surface area contributed by atoms with Crippen molar-refractivity contribution in [1.29, 1.82) is 0 Å². The Morgan fingerprint density at radius 1 is 1.29 bits per heavy atom. The Labute approximate surface area is 98.6 Å². The first-order valence-electron chi connectivity index (χ1n) is 5.73. The van der Waals surface area contributed by atoms with E-state index in [0.29, 0.717) is 11.1 Å². The molecule has 1 atom stereocenters. The maximum atomic E-state index is 13.5. The van der Waals surface area contributed by atoms with Gasteiger partial charge in [-0.15, -0.1) is 0 Å². The van der Waals surface area contributed by atoms with E-state index in [4.69, 9.17) is 4.42 Å². The lowest BCUT2D eigenvalue weighted by Gasteiger charge is -2.09. The average Bonchev–Trinajstić information content (AvgIpc) is 2.69. The molecule has 0 amide bonds. The second-order valence-electron chi connectivity index (χ2n) is 4.12. The molecule has 2 aromatic rings. The summed E-state index contributed by atoms with van der Waals surface area (Å²) in [5.74, 6) is -0.583. The molecule has 0 saturated carbocycles. The summed E-state index contributed by atoms with van der Waals surface area (Å²) in [5.41, 5.74) is 0.252. The minimum atomic E-state index is -0.620. The summed E-state index contributed by atoms with van der Waals surface area (Å²) in [7, 11) is 0. The highest BCUT2D eigenvalue weighted by molar-refractivity contribution is 5.78. The van der Waals surface area contributed by atoms with Crippen molar-refractivity contribution in [2.45, 2.75) is 26.3 Å². The smallest absolute Gasteiger partial charge is 0.140 e. The molecule has 1 heterocycles. The first kappa shape index (κ1) is 12.0. The average molecular weight is 239 g/mol. The van der Waals surface area contributed by atoms with Crippen molar-refractivity contribution in [3.05, 3.63) is 35.6 Å². The molecular formula is C13H15F2NO. The minimum absolute atomic E-state index is 0.00943. The molecule has 1 aromatic heterocycles. The SMILES string of the molecule is CCCNC(C)c1cc2c(F)cc(F)cc2o1. The van der Waals surface area contributed by atoms with Gasteiger partial charge < -0.3 is 9.73 Å². The monoisotopic (exact) mass is 239 g/mol. The van der Waals surface area contributed by atoms with Gasteiger partial charge in [0.1, 0.15) is 23.0 Å². The fourth-order valence-corrected chi connectivity index (χ4v) is 1.76. The molecule has 0 bridgehead atoms. The lowest BCUT2D eigenvalue weighted by molar-refractivity contribution is 0.451. The third-order valence-electron chi connectivity index (χ3n) is 2.70. The van der Waals surface area contributed by atoms with Crippen molar-refractivity contribution in [3.63, 3.8) is 0 Å². The molecule has 0 spiro atoms. The van der Waals surface area contributed by atoms with Gasteiger partial charge >= 0.3 is 0 Å². The Morgan fingerprint density at radius 3 is 2.76 bits per heavy atom. The molecule has 4 heteroatoms. The van der Waals surface area contributed by atoms with E-state index in [0.717, 1.165) is 19.0 Å². The first-order valence-corrected chi connectivity index (χ1v) is 5.73. The van der Waals surface area contributed by atoms with Crippen LogP contribution in [0.3, 0.4) is 0 Å². The molecule has 2 nitrogen and oxygen atoms in total. The number of nitrogens with one attached hydrogen (secondary N) is 1. The van der Waals surface area contributed by atoms with Crippen LogP contribution in [-0.2, 0) is 0 Å². The summed E-state index contributed by atoms with van der Waals surface area (Å²) < 4.78 is 31.9. The second-order valence-corrected chi connectivity index (χ2v) is 4.12. The maximum Gasteiger partial charge on any atom is 0.140 e. The molecule has 0 fully saturated rings. The lowest BCUT2D eigenvalue weighted by atomic mass is 10.2. The van der Waals surface area contributed by atoms with Crippen molar-refractivity contribution >= 4 is 11.0 Å². The second kappa shape index (κ2) is 4.84. The number of rotatable bonds is 4. The van der Waals surface area contributed by atoms with Crippen LogP contribution in [0.5, 0.6) is 0 Å². The Balaban J connectivity index is 2.34. The van der Waals surface area contributed by atoms with Crippen molar-refractivity contribution in [2.75, 3.05) is 6.54 Å². The fourth-order valence-electron chi connectivity index (χ4n) is 1.76. The molecule has 0 aliphatic heterocycles. The molecule has 0 saturated heterocycles. The van der Waals surface area contributed by atoms with Crippen LogP contribution in [0.2, 0.25) is 0 Å². The topological polar surface area (TPSA) is 25.2 Å². The third kappa shape index (κ3) is 2.47. The Morgan fingerprint density at radius 2 is 2.06 bits per heavy atom. The van der Waals surface area contributed by atoms with Crippen molar-refractivity contribution in [3.8, 4) is 0 Å². The lowest BCUT2D eigenvalue weighted by Crippen LogP contribution is -2.18. The summed E-state index contributed by atoms with van der Waals surface area (Å²) in [6, 6.07) is 3.68. The van der Waals surface area contributed by atoms with Crippen LogP contribution in [0.4, 0.5) is 8.78 Å². The Bertz CT molecular complexity index is 521. The number of benzene rings is 1. The largest absolute Gasteiger partial charge is 0.459 e. The highest BCUT2D eigenvalue weighted by Gasteiger charge is 2.14. The number of fused-ring (bicyclic) bond motifs is 1. The molecule has 2 rings (SSSR count). The highest BCUT2D eigenvalue weighted by atomic mass is 19.1. The van der Waals surface area contributed by atoms with Gasteiger partial charge in [0.15, 0.2) is 0 Å². The summed E-state index contributed by atoms with van der Waals surface area (Å²) in [6.07, 6.45) is 1.01. The molecular weight excluding hydrogens is 224 g/mol. The molecule has 0 aliphatic carbocycles. The van der Waals surface area contributed by atoms with Crippen LogP contribution >= 0.6 is 0 Å². The summed E-state index contributed by atoms with van der Waals surface area (Å²) in [4.78, 5) is 0. The van der Waals surface area contributed by atoms with E-state index < -0.39 is 11.6 Å². The minimum Gasteiger partial charge on any atom is -0.459 e. The van der Waals surface area contributed by atoms with Crippen LogP contribution in [0.1, 0.15) is 32.1 Å². The van der Waals surface area contributed by atoms with Gasteiger partial charge in [0.25, 0.3) is 0 Å². The molecule has 0 radical (unpaired) electrons. The number of hydrogen-bond acceptors (Lipinski definition) is 2. The van der Waals surface area contributed by atoms with E-state index in [1.807, 2.05) is 6.92 Å². The predicted molar refractivity (Wildman–Crippen MR) is 62.8 cm³/mol. The maximum absolute atomic E-state index is 13.5. The van der Waals surface area contributed by atoms with Gasteiger partial charge in [-0.2, -0.15) is 0 Å². The van der Waals surface area contributed by atoms with Gasteiger partial charge in [0, 0.05) is 12.1 Å². The van der Waals surface area contributed by atoms with E-state index in [2.05, 4.69) is 12.2 Å². The zero-order valence-corrected chi connectivity index (χ0v) is 9.89. The van der Waals surface area contributed by atoms with E-state index in [1.165, 1.54) is 6.07 Å². The van der Waals surface area contributed by atoms with Crippen LogP contribution < -0.4 is 5.32 Å². The van der Waals surface area contributed by atoms with Crippen LogP contribution in [0.15, 0.2) is 22.6 Å². The van der Waals surface area contributed by atoms with E-state index in [-0.39, 0.29) is 11.6 Å². The van der Waals surface area contributed by atoms with E-state index in [9.17, 15) is 8.78 Å². The zero-order chi connectivity index (χ0) is 12.4. The summed E-state index contributed by atoms with van der Waals surface area (Å²) >= 11 is 0. The third-order valence-corrected chi connectivity index (χ3v) is 2.70. The molecule has 1 N–H and O–H groups in total. The van der Waals surface area contributed by atoms with E-state index >= 15 is 0 Å². The predicted octanol–water partition coefficient (Wildman–Crippen LogP) is 3.77. The van der Waals surface area contributed by atoms with Gasteiger partial charge in [-0.3, -0.25) is 0 Å². The fraction of sp³-hybridized carbons (Fsp3) is 0.385. The molecule has 1 aromatic carbocycles. The van der Waals surface area contributed by atoms with Crippen molar-refractivity contribution < 1.29 is 13.2 Å². The standard InChI is InChI=1S/C13H15F2NO/c1-3-4-16-8(2)12-7-10-11(15)5-9(14)6-13(10)17-12/h5-8,16H,3-4H2,1-2H3. The van der Waals surface area contributed by atoms with Crippen molar-refractivity contribution in [2.24, 2.45) is 0 Å². The Kier molecular flexibility index (Phi) is 3.43. The number of halogens is 2. The molecule has 1 unspecified atom stereocenters. The first-order chi connectivity index (χ1) is 8.11. The quantitative estimate of drug-likeness (QED) is 0.878. The molecule has 0 aliphatic rings. The van der Waals surface area contributed by atoms with Gasteiger partial charge in [0.05, 0.1) is 11.4 Å².